The Kier molecular flexibility index (Phi) is 5.59. The predicted octanol–water partition coefficient (Wildman–Crippen LogP) is 2.20. The molecule has 0 fully saturated rings. The van der Waals surface area contributed by atoms with Crippen LogP contribution in [0.5, 0.6) is 0 Å². The number of pyridine rings is 1. The standard InChI is InChI=1S/C14H25N3/c1-11(2)14(15)6-8-17(4)10-13-9-16-7-5-12(13)3/h5,7,9,11,14H,6,8,10,15H2,1-4H3. The number of aromatic nitrogens is 1. The molecule has 0 aliphatic rings. The second-order valence-corrected chi connectivity index (χ2v) is 5.24. The third kappa shape index (κ3) is 4.84. The van der Waals surface area contributed by atoms with Crippen LogP contribution in [0.15, 0.2) is 18.5 Å². The molecule has 1 aromatic heterocycles. The number of nitrogens with zero attached hydrogens (tertiary/aromatic N) is 2. The fourth-order valence-corrected chi connectivity index (χ4v) is 1.73. The molecular weight excluding hydrogens is 210 g/mol. The summed E-state index contributed by atoms with van der Waals surface area (Å²) in [6.45, 7) is 8.47. The molecule has 0 aromatic carbocycles. The van der Waals surface area contributed by atoms with Crippen molar-refractivity contribution >= 4 is 0 Å². The molecular formula is C14H25N3. The van der Waals surface area contributed by atoms with Crippen molar-refractivity contribution in [1.82, 2.24) is 9.88 Å². The summed E-state index contributed by atoms with van der Waals surface area (Å²) in [6.07, 6.45) is 4.84. The Bertz CT molecular complexity index is 336. The van der Waals surface area contributed by atoms with E-state index in [0.717, 1.165) is 19.5 Å². The van der Waals surface area contributed by atoms with E-state index in [0.29, 0.717) is 12.0 Å². The van der Waals surface area contributed by atoms with Gasteiger partial charge in [0.15, 0.2) is 0 Å². The quantitative estimate of drug-likeness (QED) is 0.822. The van der Waals surface area contributed by atoms with Gasteiger partial charge in [-0.25, -0.2) is 0 Å². The number of hydrogen-bond acceptors (Lipinski definition) is 3. The van der Waals surface area contributed by atoms with Crippen LogP contribution in [0, 0.1) is 12.8 Å². The number of rotatable bonds is 6. The molecule has 2 N–H and O–H groups in total. The molecule has 0 saturated carbocycles. The Morgan fingerprint density at radius 3 is 2.71 bits per heavy atom. The van der Waals surface area contributed by atoms with Crippen LogP contribution in [-0.2, 0) is 6.54 Å². The van der Waals surface area contributed by atoms with Crippen molar-refractivity contribution in [1.29, 1.82) is 0 Å². The van der Waals surface area contributed by atoms with Gasteiger partial charge in [0.1, 0.15) is 0 Å². The highest BCUT2D eigenvalue weighted by Gasteiger charge is 2.09. The van der Waals surface area contributed by atoms with Gasteiger partial charge in [0, 0.05) is 25.0 Å². The second-order valence-electron chi connectivity index (χ2n) is 5.24. The summed E-state index contributed by atoms with van der Waals surface area (Å²) in [5, 5.41) is 0. The van der Waals surface area contributed by atoms with Gasteiger partial charge in [-0.15, -0.1) is 0 Å². The van der Waals surface area contributed by atoms with Gasteiger partial charge in [-0.3, -0.25) is 4.98 Å². The lowest BCUT2D eigenvalue weighted by Crippen LogP contribution is -2.31. The molecule has 0 bridgehead atoms. The molecule has 0 aliphatic heterocycles. The molecule has 0 radical (unpaired) electrons. The Balaban J connectivity index is 2.40. The molecule has 3 nitrogen and oxygen atoms in total. The van der Waals surface area contributed by atoms with Gasteiger partial charge in [0.25, 0.3) is 0 Å². The lowest BCUT2D eigenvalue weighted by Gasteiger charge is -2.21. The molecule has 1 rings (SSSR count). The van der Waals surface area contributed by atoms with Crippen LogP contribution in [0.25, 0.3) is 0 Å². The van der Waals surface area contributed by atoms with E-state index in [4.69, 9.17) is 5.73 Å². The normalized spacial score (nSPS) is 13.4. The monoisotopic (exact) mass is 235 g/mol. The maximum atomic E-state index is 6.05. The first-order chi connectivity index (χ1) is 8.00. The van der Waals surface area contributed by atoms with Gasteiger partial charge in [-0.1, -0.05) is 13.8 Å². The second kappa shape index (κ2) is 6.72. The van der Waals surface area contributed by atoms with Crippen LogP contribution in [0.3, 0.4) is 0 Å². The zero-order valence-electron chi connectivity index (χ0n) is 11.5. The lowest BCUT2D eigenvalue weighted by atomic mass is 10.0. The molecule has 0 spiro atoms. The van der Waals surface area contributed by atoms with E-state index in [2.05, 4.69) is 43.8 Å². The molecule has 3 heteroatoms. The van der Waals surface area contributed by atoms with Crippen LogP contribution in [-0.4, -0.2) is 29.5 Å². The molecule has 1 unspecified atom stereocenters. The summed E-state index contributed by atoms with van der Waals surface area (Å²) in [4.78, 5) is 6.48. The summed E-state index contributed by atoms with van der Waals surface area (Å²) in [6, 6.07) is 2.36. The first-order valence-corrected chi connectivity index (χ1v) is 6.34. The zero-order valence-corrected chi connectivity index (χ0v) is 11.5. The first kappa shape index (κ1) is 14.1. The fraction of sp³-hybridized carbons (Fsp3) is 0.643. The minimum Gasteiger partial charge on any atom is -0.327 e. The van der Waals surface area contributed by atoms with Crippen molar-refractivity contribution in [3.05, 3.63) is 29.6 Å². The van der Waals surface area contributed by atoms with Crippen molar-refractivity contribution in [2.75, 3.05) is 13.6 Å². The summed E-state index contributed by atoms with van der Waals surface area (Å²) >= 11 is 0. The van der Waals surface area contributed by atoms with Crippen molar-refractivity contribution in [2.45, 2.75) is 39.8 Å². The number of nitrogens with two attached hydrogens (primary N) is 1. The predicted molar refractivity (Wildman–Crippen MR) is 72.7 cm³/mol. The average molecular weight is 235 g/mol. The number of aryl methyl sites for hydroxylation is 1. The first-order valence-electron chi connectivity index (χ1n) is 6.34. The largest absolute Gasteiger partial charge is 0.327 e. The van der Waals surface area contributed by atoms with Crippen molar-refractivity contribution in [3.8, 4) is 0 Å². The fourth-order valence-electron chi connectivity index (χ4n) is 1.73. The molecule has 0 saturated heterocycles. The minimum absolute atomic E-state index is 0.299. The topological polar surface area (TPSA) is 42.2 Å². The van der Waals surface area contributed by atoms with E-state index in [-0.39, 0.29) is 0 Å². The van der Waals surface area contributed by atoms with Crippen molar-refractivity contribution in [3.63, 3.8) is 0 Å². The van der Waals surface area contributed by atoms with E-state index in [1.54, 1.807) is 0 Å². The van der Waals surface area contributed by atoms with E-state index >= 15 is 0 Å². The zero-order chi connectivity index (χ0) is 12.8. The molecule has 0 aliphatic carbocycles. The summed E-state index contributed by atoms with van der Waals surface area (Å²) in [5.41, 5.74) is 8.65. The maximum Gasteiger partial charge on any atom is 0.0315 e. The van der Waals surface area contributed by atoms with Crippen LogP contribution in [0.1, 0.15) is 31.4 Å². The highest BCUT2D eigenvalue weighted by Crippen LogP contribution is 2.09. The maximum absolute atomic E-state index is 6.05. The van der Waals surface area contributed by atoms with Gasteiger partial charge in [0.05, 0.1) is 0 Å². The molecule has 17 heavy (non-hydrogen) atoms. The van der Waals surface area contributed by atoms with Gasteiger partial charge in [-0.2, -0.15) is 0 Å². The summed E-state index contributed by atoms with van der Waals surface area (Å²) in [5.74, 6) is 0.559. The van der Waals surface area contributed by atoms with Crippen LogP contribution in [0.4, 0.5) is 0 Å². The van der Waals surface area contributed by atoms with Gasteiger partial charge < -0.3 is 10.6 Å². The van der Waals surface area contributed by atoms with E-state index in [1.807, 2.05) is 12.4 Å². The smallest absolute Gasteiger partial charge is 0.0315 e. The van der Waals surface area contributed by atoms with Gasteiger partial charge in [0.2, 0.25) is 0 Å². The molecule has 96 valence electrons. The third-order valence-electron chi connectivity index (χ3n) is 3.29. The van der Waals surface area contributed by atoms with Crippen LogP contribution < -0.4 is 5.73 Å². The minimum atomic E-state index is 0.299. The Morgan fingerprint density at radius 1 is 1.41 bits per heavy atom. The molecule has 1 aromatic rings. The summed E-state index contributed by atoms with van der Waals surface area (Å²) in [7, 11) is 2.14. The average Bonchev–Trinajstić information content (AvgIpc) is 2.29. The Labute approximate surface area is 105 Å². The number of hydrogen-bond donors (Lipinski definition) is 1. The molecule has 0 amide bonds. The van der Waals surface area contributed by atoms with Gasteiger partial charge >= 0.3 is 0 Å². The Hall–Kier alpha value is -0.930. The third-order valence-corrected chi connectivity index (χ3v) is 3.29. The van der Waals surface area contributed by atoms with Gasteiger partial charge in [-0.05, 0) is 50.0 Å². The van der Waals surface area contributed by atoms with E-state index in [1.165, 1.54) is 11.1 Å². The highest BCUT2D eigenvalue weighted by molar-refractivity contribution is 5.21. The lowest BCUT2D eigenvalue weighted by molar-refractivity contribution is 0.295. The highest BCUT2D eigenvalue weighted by atomic mass is 15.1. The van der Waals surface area contributed by atoms with Crippen LogP contribution >= 0.6 is 0 Å². The van der Waals surface area contributed by atoms with E-state index in [9.17, 15) is 0 Å². The Morgan fingerprint density at radius 2 is 2.12 bits per heavy atom. The molecule has 1 atom stereocenters. The SMILES string of the molecule is Cc1ccncc1CN(C)CCC(N)C(C)C. The summed E-state index contributed by atoms with van der Waals surface area (Å²) < 4.78 is 0. The molecule has 1 heterocycles. The van der Waals surface area contributed by atoms with Crippen molar-refractivity contribution < 1.29 is 0 Å². The van der Waals surface area contributed by atoms with Crippen LogP contribution in [0.2, 0.25) is 0 Å². The van der Waals surface area contributed by atoms with E-state index < -0.39 is 0 Å². The van der Waals surface area contributed by atoms with Crippen molar-refractivity contribution in [2.24, 2.45) is 11.7 Å².